The lowest BCUT2D eigenvalue weighted by molar-refractivity contribution is 0.0935. The molecule has 0 unspecified atom stereocenters. The smallest absolute Gasteiger partial charge is 0.251 e. The van der Waals surface area contributed by atoms with Crippen LogP contribution < -0.4 is 19.1 Å². The first-order valence-electron chi connectivity index (χ1n) is 9.94. The fourth-order valence-corrected chi connectivity index (χ4v) is 4.36. The van der Waals surface area contributed by atoms with Crippen molar-refractivity contribution < 1.29 is 22.7 Å². The van der Waals surface area contributed by atoms with E-state index in [0.29, 0.717) is 35.7 Å². The number of benzene rings is 2. The number of hydrogen-bond donors (Lipinski definition) is 1. The second-order valence-corrected chi connectivity index (χ2v) is 8.84. The number of ether oxygens (including phenoxy) is 2. The predicted molar refractivity (Wildman–Crippen MR) is 119 cm³/mol. The summed E-state index contributed by atoms with van der Waals surface area (Å²) in [5.41, 5.74) is 1.91. The van der Waals surface area contributed by atoms with Gasteiger partial charge in [-0.2, -0.15) is 0 Å². The molecule has 164 valence electrons. The number of carbonyl (C=O) groups excluding carboxylic acids is 1. The molecule has 0 aromatic heterocycles. The normalized spacial score (nSPS) is 12.2. The Hall–Kier alpha value is -2.74. The molecule has 30 heavy (non-hydrogen) atoms. The van der Waals surface area contributed by atoms with E-state index in [0.717, 1.165) is 5.56 Å². The maximum Gasteiger partial charge on any atom is 0.251 e. The fourth-order valence-electron chi connectivity index (χ4n) is 3.21. The van der Waals surface area contributed by atoms with E-state index < -0.39 is 10.0 Å². The Kier molecular flexibility index (Phi) is 8.11. The van der Waals surface area contributed by atoms with E-state index in [1.54, 1.807) is 52.3 Å². The number of hydrogen-bond acceptors (Lipinski definition) is 5. The first-order valence-corrected chi connectivity index (χ1v) is 11.5. The molecule has 0 radical (unpaired) electrons. The highest BCUT2D eigenvalue weighted by atomic mass is 32.2. The second-order valence-electron chi connectivity index (χ2n) is 6.66. The van der Waals surface area contributed by atoms with Crippen LogP contribution in [0.1, 0.15) is 49.2 Å². The number of nitrogens with one attached hydrogen (secondary N) is 1. The van der Waals surface area contributed by atoms with E-state index in [1.807, 2.05) is 25.1 Å². The summed E-state index contributed by atoms with van der Waals surface area (Å²) in [5.74, 6) is 1.01. The quantitative estimate of drug-likeness (QED) is 0.615. The molecular formula is C22H30N2O5S. The average Bonchev–Trinajstić information content (AvgIpc) is 2.77. The minimum absolute atomic E-state index is 0.0204. The van der Waals surface area contributed by atoms with E-state index >= 15 is 0 Å². The van der Waals surface area contributed by atoms with Gasteiger partial charge in [0.05, 0.1) is 31.7 Å². The topological polar surface area (TPSA) is 84.9 Å². The van der Waals surface area contributed by atoms with Crippen LogP contribution in [0.3, 0.4) is 0 Å². The minimum Gasteiger partial charge on any atom is -0.493 e. The van der Waals surface area contributed by atoms with Gasteiger partial charge in [0.2, 0.25) is 10.0 Å². The molecule has 2 rings (SSSR count). The van der Waals surface area contributed by atoms with Gasteiger partial charge in [-0.15, -0.1) is 0 Å². The summed E-state index contributed by atoms with van der Waals surface area (Å²) in [6.45, 7) is 5.71. The van der Waals surface area contributed by atoms with Crippen LogP contribution in [0.2, 0.25) is 0 Å². The zero-order valence-corrected chi connectivity index (χ0v) is 19.0. The Bertz CT molecular complexity index is 958. The van der Waals surface area contributed by atoms with E-state index in [4.69, 9.17) is 9.47 Å². The van der Waals surface area contributed by atoms with Crippen molar-refractivity contribution in [3.05, 3.63) is 53.6 Å². The van der Waals surface area contributed by atoms with Crippen LogP contribution in [0.25, 0.3) is 0 Å². The molecule has 0 heterocycles. The summed E-state index contributed by atoms with van der Waals surface area (Å²) in [4.78, 5) is 12.8. The van der Waals surface area contributed by atoms with Crippen molar-refractivity contribution in [2.45, 2.75) is 33.2 Å². The lowest BCUT2D eigenvalue weighted by atomic mass is 10.0. The first kappa shape index (κ1) is 23.5. The Labute approximate surface area is 179 Å². The number of nitrogens with zero attached hydrogens (tertiary/aromatic N) is 1. The molecule has 0 aliphatic rings. The summed E-state index contributed by atoms with van der Waals surface area (Å²) >= 11 is 0. The van der Waals surface area contributed by atoms with E-state index in [2.05, 4.69) is 5.32 Å². The number of amides is 1. The number of sulfonamides is 1. The van der Waals surface area contributed by atoms with Gasteiger partial charge in [0.15, 0.2) is 11.5 Å². The van der Waals surface area contributed by atoms with E-state index in [-0.39, 0.29) is 17.7 Å². The highest BCUT2D eigenvalue weighted by Crippen LogP contribution is 2.31. The maximum atomic E-state index is 12.8. The molecule has 0 fully saturated rings. The molecule has 2 aromatic rings. The molecule has 1 N–H and O–H groups in total. The molecule has 2 aromatic carbocycles. The molecule has 1 amide bonds. The van der Waals surface area contributed by atoms with E-state index in [9.17, 15) is 13.2 Å². The highest BCUT2D eigenvalue weighted by molar-refractivity contribution is 7.92. The Morgan fingerprint density at radius 2 is 1.63 bits per heavy atom. The highest BCUT2D eigenvalue weighted by Gasteiger charge is 2.20. The number of carbonyl (C=O) groups is 1. The molecule has 0 spiro atoms. The van der Waals surface area contributed by atoms with Crippen molar-refractivity contribution in [1.82, 2.24) is 5.32 Å². The second kappa shape index (κ2) is 10.3. The number of anilines is 1. The lowest BCUT2D eigenvalue weighted by Gasteiger charge is -2.22. The van der Waals surface area contributed by atoms with Crippen LogP contribution in [0, 0.1) is 0 Å². The van der Waals surface area contributed by atoms with Crippen LogP contribution in [0.15, 0.2) is 42.5 Å². The van der Waals surface area contributed by atoms with Crippen LogP contribution in [0.5, 0.6) is 11.5 Å². The first-order chi connectivity index (χ1) is 14.3. The Morgan fingerprint density at radius 1 is 1.00 bits per heavy atom. The zero-order valence-electron chi connectivity index (χ0n) is 18.1. The van der Waals surface area contributed by atoms with Gasteiger partial charge in [-0.05, 0) is 62.2 Å². The third-order valence-corrected chi connectivity index (χ3v) is 6.80. The molecule has 7 nitrogen and oxygen atoms in total. The standard InChI is InChI=1S/C22H30N2O5S/c1-6-19(17-11-14-20(28-4)21(15-17)29-5)23-22(25)16-9-12-18(13-10-16)24(7-2)30(26,27)8-3/h9-15,19H,6-8H2,1-5H3,(H,23,25)/t19-/m0/s1. The summed E-state index contributed by atoms with van der Waals surface area (Å²) in [6, 6.07) is 11.9. The van der Waals surface area contributed by atoms with Gasteiger partial charge >= 0.3 is 0 Å². The van der Waals surface area contributed by atoms with Crippen LogP contribution in [-0.4, -0.2) is 40.8 Å². The number of rotatable bonds is 10. The summed E-state index contributed by atoms with van der Waals surface area (Å²) in [5, 5.41) is 3.02. The molecule has 0 aliphatic heterocycles. The van der Waals surface area contributed by atoms with Gasteiger partial charge in [0, 0.05) is 12.1 Å². The van der Waals surface area contributed by atoms with E-state index in [1.165, 1.54) is 4.31 Å². The molecule has 0 bridgehead atoms. The van der Waals surface area contributed by atoms with Crippen molar-refractivity contribution in [2.75, 3.05) is 30.8 Å². The Balaban J connectivity index is 2.20. The SMILES string of the molecule is CC[C@H](NC(=O)c1ccc(N(CC)S(=O)(=O)CC)cc1)c1ccc(OC)c(OC)c1. The van der Waals surface area contributed by atoms with Gasteiger partial charge < -0.3 is 14.8 Å². The van der Waals surface area contributed by atoms with Crippen LogP contribution in [0.4, 0.5) is 5.69 Å². The zero-order chi connectivity index (χ0) is 22.3. The van der Waals surface area contributed by atoms with Gasteiger partial charge in [0.25, 0.3) is 5.91 Å². The number of methoxy groups -OCH3 is 2. The summed E-state index contributed by atoms with van der Waals surface area (Å²) in [6.07, 6.45) is 0.692. The molecule has 1 atom stereocenters. The van der Waals surface area contributed by atoms with Crippen molar-refractivity contribution >= 4 is 21.6 Å². The third kappa shape index (κ3) is 5.24. The molecular weight excluding hydrogens is 404 g/mol. The predicted octanol–water partition coefficient (Wildman–Crippen LogP) is 3.76. The fraction of sp³-hybridized carbons (Fsp3) is 0.409. The monoisotopic (exact) mass is 434 g/mol. The van der Waals surface area contributed by atoms with Gasteiger partial charge in [0.1, 0.15) is 0 Å². The molecule has 0 saturated carbocycles. The minimum atomic E-state index is -3.36. The Morgan fingerprint density at radius 3 is 2.13 bits per heavy atom. The van der Waals surface area contributed by atoms with Gasteiger partial charge in [-0.3, -0.25) is 9.10 Å². The third-order valence-electron chi connectivity index (χ3n) is 4.93. The summed E-state index contributed by atoms with van der Waals surface area (Å²) in [7, 11) is -0.212. The van der Waals surface area contributed by atoms with Crippen molar-refractivity contribution in [3.8, 4) is 11.5 Å². The van der Waals surface area contributed by atoms with Crippen molar-refractivity contribution in [3.63, 3.8) is 0 Å². The molecule has 0 saturated heterocycles. The van der Waals surface area contributed by atoms with Gasteiger partial charge in [-0.1, -0.05) is 13.0 Å². The molecule has 0 aliphatic carbocycles. The maximum absolute atomic E-state index is 12.8. The van der Waals surface area contributed by atoms with Crippen molar-refractivity contribution in [1.29, 1.82) is 0 Å². The van der Waals surface area contributed by atoms with Crippen LogP contribution >= 0.6 is 0 Å². The molecule has 8 heteroatoms. The average molecular weight is 435 g/mol. The summed E-state index contributed by atoms with van der Waals surface area (Å²) < 4.78 is 36.4. The van der Waals surface area contributed by atoms with Gasteiger partial charge in [-0.25, -0.2) is 8.42 Å². The lowest BCUT2D eigenvalue weighted by Crippen LogP contribution is -2.32. The largest absolute Gasteiger partial charge is 0.493 e. The van der Waals surface area contributed by atoms with Crippen LogP contribution in [-0.2, 0) is 10.0 Å². The van der Waals surface area contributed by atoms with Crippen molar-refractivity contribution in [2.24, 2.45) is 0 Å².